The van der Waals surface area contributed by atoms with E-state index in [1.54, 1.807) is 19.2 Å². The predicted molar refractivity (Wildman–Crippen MR) is 127 cm³/mol. The molecular formula is C25H25FN2O5S. The lowest BCUT2D eigenvalue weighted by molar-refractivity contribution is 0.0770. The van der Waals surface area contributed by atoms with Crippen LogP contribution in [0.2, 0.25) is 0 Å². The highest BCUT2D eigenvalue weighted by Gasteiger charge is 2.32. The number of methoxy groups -OCH3 is 1. The summed E-state index contributed by atoms with van der Waals surface area (Å²) in [6.07, 6.45) is 0.633. The van der Waals surface area contributed by atoms with E-state index < -0.39 is 15.9 Å². The van der Waals surface area contributed by atoms with E-state index in [4.69, 9.17) is 9.47 Å². The van der Waals surface area contributed by atoms with Gasteiger partial charge >= 0.3 is 0 Å². The predicted octanol–water partition coefficient (Wildman–Crippen LogP) is 3.74. The Kier molecular flexibility index (Phi) is 6.74. The fourth-order valence-corrected chi connectivity index (χ4v) is 5.37. The largest absolute Gasteiger partial charge is 0.496 e. The molecule has 0 saturated carbocycles. The molecule has 1 amide bonds. The summed E-state index contributed by atoms with van der Waals surface area (Å²) in [6, 6.07) is 17.3. The van der Waals surface area contributed by atoms with E-state index in [1.807, 2.05) is 12.1 Å². The van der Waals surface area contributed by atoms with Gasteiger partial charge in [-0.1, -0.05) is 18.2 Å². The molecule has 3 aromatic rings. The maximum atomic E-state index is 13.4. The fraction of sp³-hybridized carbons (Fsp3) is 0.240. The number of hydrogen-bond donors (Lipinski definition) is 0. The second kappa shape index (κ2) is 9.72. The Morgan fingerprint density at radius 2 is 1.82 bits per heavy atom. The highest BCUT2D eigenvalue weighted by atomic mass is 32.2. The van der Waals surface area contributed by atoms with Crippen molar-refractivity contribution in [1.29, 1.82) is 0 Å². The van der Waals surface area contributed by atoms with Crippen molar-refractivity contribution in [2.75, 3.05) is 38.2 Å². The van der Waals surface area contributed by atoms with Gasteiger partial charge in [0.25, 0.3) is 15.9 Å². The van der Waals surface area contributed by atoms with Crippen LogP contribution < -0.4 is 13.8 Å². The Hall–Kier alpha value is -3.59. The van der Waals surface area contributed by atoms with Gasteiger partial charge in [-0.2, -0.15) is 0 Å². The number of carbonyl (C=O) groups is 1. The molecule has 0 saturated heterocycles. The number of sulfonamides is 1. The van der Waals surface area contributed by atoms with Crippen molar-refractivity contribution in [2.45, 2.75) is 11.3 Å². The van der Waals surface area contributed by atoms with E-state index in [0.29, 0.717) is 24.4 Å². The number of fused-ring (bicyclic) bond motifs is 1. The Morgan fingerprint density at radius 3 is 2.56 bits per heavy atom. The number of nitrogens with zero attached hydrogens (tertiary/aromatic N) is 2. The number of anilines is 1. The topological polar surface area (TPSA) is 76.2 Å². The van der Waals surface area contributed by atoms with Gasteiger partial charge in [0.2, 0.25) is 0 Å². The van der Waals surface area contributed by atoms with Crippen LogP contribution in [0.25, 0.3) is 0 Å². The molecule has 0 atom stereocenters. The first-order valence-corrected chi connectivity index (χ1v) is 12.2. The zero-order valence-electron chi connectivity index (χ0n) is 18.9. The van der Waals surface area contributed by atoms with Crippen molar-refractivity contribution in [3.8, 4) is 11.5 Å². The van der Waals surface area contributed by atoms with Gasteiger partial charge in [-0.3, -0.25) is 9.10 Å². The monoisotopic (exact) mass is 484 g/mol. The first kappa shape index (κ1) is 23.6. The van der Waals surface area contributed by atoms with Crippen molar-refractivity contribution in [3.63, 3.8) is 0 Å². The van der Waals surface area contributed by atoms with Gasteiger partial charge in [-0.15, -0.1) is 0 Å². The third kappa shape index (κ3) is 4.70. The summed E-state index contributed by atoms with van der Waals surface area (Å²) in [5.41, 5.74) is 1.76. The molecule has 0 aromatic heterocycles. The van der Waals surface area contributed by atoms with Gasteiger partial charge in [0, 0.05) is 13.6 Å². The maximum absolute atomic E-state index is 13.4. The smallest absolute Gasteiger partial charge is 0.264 e. The number of ether oxygens (including phenoxy) is 2. The number of para-hydroxylation sites is 1. The van der Waals surface area contributed by atoms with E-state index in [9.17, 15) is 17.6 Å². The molecule has 0 N–H and O–H groups in total. The molecule has 0 fully saturated rings. The number of rotatable bonds is 8. The number of carbonyl (C=O) groups excluding carboxylic acids is 1. The first-order valence-electron chi connectivity index (χ1n) is 10.7. The SMILES string of the molecule is COc1ccc(S(=O)(=O)N2CCc3ccccc32)cc1C(=O)N(C)CCOc1ccc(F)cc1. The van der Waals surface area contributed by atoms with Crippen LogP contribution in [0, 0.1) is 5.82 Å². The van der Waals surface area contributed by atoms with E-state index in [2.05, 4.69) is 0 Å². The van der Waals surface area contributed by atoms with Crippen LogP contribution in [0.1, 0.15) is 15.9 Å². The molecule has 0 bridgehead atoms. The van der Waals surface area contributed by atoms with E-state index in [1.165, 1.54) is 58.8 Å². The molecule has 0 radical (unpaired) electrons. The van der Waals surface area contributed by atoms with Crippen LogP contribution in [-0.4, -0.2) is 53.1 Å². The van der Waals surface area contributed by atoms with Crippen molar-refractivity contribution in [3.05, 3.63) is 83.7 Å². The van der Waals surface area contributed by atoms with Crippen LogP contribution in [0.5, 0.6) is 11.5 Å². The molecule has 7 nitrogen and oxygen atoms in total. The minimum absolute atomic E-state index is 0.0179. The summed E-state index contributed by atoms with van der Waals surface area (Å²) in [7, 11) is -0.847. The van der Waals surface area contributed by atoms with Gasteiger partial charge in [-0.25, -0.2) is 12.8 Å². The zero-order valence-corrected chi connectivity index (χ0v) is 19.7. The Labute approximate surface area is 198 Å². The van der Waals surface area contributed by atoms with Crippen LogP contribution in [0.3, 0.4) is 0 Å². The minimum Gasteiger partial charge on any atom is -0.496 e. The van der Waals surface area contributed by atoms with E-state index >= 15 is 0 Å². The maximum Gasteiger partial charge on any atom is 0.264 e. The van der Waals surface area contributed by atoms with Crippen molar-refractivity contribution in [1.82, 2.24) is 4.90 Å². The zero-order chi connectivity index (χ0) is 24.3. The van der Waals surface area contributed by atoms with Crippen LogP contribution in [-0.2, 0) is 16.4 Å². The first-order chi connectivity index (χ1) is 16.3. The summed E-state index contributed by atoms with van der Waals surface area (Å²) in [5, 5.41) is 0. The van der Waals surface area contributed by atoms with Crippen molar-refractivity contribution >= 4 is 21.6 Å². The lowest BCUT2D eigenvalue weighted by atomic mass is 10.1. The molecule has 1 aliphatic rings. The third-order valence-electron chi connectivity index (χ3n) is 5.69. The molecule has 1 aliphatic heterocycles. The highest BCUT2D eigenvalue weighted by Crippen LogP contribution is 2.34. The quantitative estimate of drug-likeness (QED) is 0.487. The van der Waals surface area contributed by atoms with Gasteiger partial charge in [-0.05, 0) is 60.5 Å². The van der Waals surface area contributed by atoms with Gasteiger partial charge in [0.1, 0.15) is 23.9 Å². The lowest BCUT2D eigenvalue weighted by Crippen LogP contribution is -2.32. The van der Waals surface area contributed by atoms with Gasteiger partial charge in [0.15, 0.2) is 0 Å². The second-order valence-corrected chi connectivity index (χ2v) is 9.71. The summed E-state index contributed by atoms with van der Waals surface area (Å²) in [5.74, 6) is -0.00619. The standard InChI is InChI=1S/C25H25FN2O5S/c1-27(15-16-33-20-9-7-19(26)8-10-20)25(29)22-17-21(11-12-24(22)32-2)34(30,31)28-14-13-18-5-3-4-6-23(18)28/h3-12,17H,13-16H2,1-2H3. The van der Waals surface area contributed by atoms with Gasteiger partial charge < -0.3 is 14.4 Å². The number of benzene rings is 3. The highest BCUT2D eigenvalue weighted by molar-refractivity contribution is 7.92. The Bertz CT molecular complexity index is 1290. The third-order valence-corrected chi connectivity index (χ3v) is 7.50. The summed E-state index contributed by atoms with van der Waals surface area (Å²) in [6.45, 7) is 0.756. The fourth-order valence-electron chi connectivity index (χ4n) is 3.84. The number of hydrogen-bond acceptors (Lipinski definition) is 5. The molecule has 178 valence electrons. The second-order valence-electron chi connectivity index (χ2n) is 7.85. The average Bonchev–Trinajstić information content (AvgIpc) is 3.29. The van der Waals surface area contributed by atoms with Crippen LogP contribution in [0.4, 0.5) is 10.1 Å². The summed E-state index contributed by atoms with van der Waals surface area (Å²) < 4.78 is 52.1. The average molecular weight is 485 g/mol. The van der Waals surface area contributed by atoms with Crippen molar-refractivity contribution < 1.29 is 27.1 Å². The number of likely N-dealkylation sites (N-methyl/N-ethyl adjacent to an activating group) is 1. The van der Waals surface area contributed by atoms with Gasteiger partial charge in [0.05, 0.1) is 29.8 Å². The lowest BCUT2D eigenvalue weighted by Gasteiger charge is -2.22. The van der Waals surface area contributed by atoms with E-state index in [-0.39, 0.29) is 35.2 Å². The van der Waals surface area contributed by atoms with Crippen LogP contribution >= 0.6 is 0 Å². The Balaban J connectivity index is 1.52. The molecule has 0 unspecified atom stereocenters. The molecule has 1 heterocycles. The van der Waals surface area contributed by atoms with E-state index in [0.717, 1.165) is 5.56 Å². The Morgan fingerprint density at radius 1 is 1.09 bits per heavy atom. The molecule has 9 heteroatoms. The normalized spacial score (nSPS) is 12.9. The minimum atomic E-state index is -3.86. The van der Waals surface area contributed by atoms with Crippen molar-refractivity contribution in [2.24, 2.45) is 0 Å². The summed E-state index contributed by atoms with van der Waals surface area (Å²) in [4.78, 5) is 14.6. The summed E-state index contributed by atoms with van der Waals surface area (Å²) >= 11 is 0. The molecule has 34 heavy (non-hydrogen) atoms. The molecule has 3 aromatic carbocycles. The number of amides is 1. The molecular weight excluding hydrogens is 459 g/mol. The molecule has 0 aliphatic carbocycles. The molecule has 0 spiro atoms. The number of halogens is 1. The van der Waals surface area contributed by atoms with Crippen LogP contribution in [0.15, 0.2) is 71.6 Å². The molecule has 4 rings (SSSR count).